The zero-order valence-electron chi connectivity index (χ0n) is 25.0. The van der Waals surface area contributed by atoms with Gasteiger partial charge >= 0.3 is 0 Å². The number of benzene rings is 1. The lowest BCUT2D eigenvalue weighted by molar-refractivity contribution is 0.0782. The highest BCUT2D eigenvalue weighted by Crippen LogP contribution is 2.41. The molecule has 3 atom stereocenters. The number of nitrogens with zero attached hydrogens (tertiary/aromatic N) is 3. The molecule has 0 unspecified atom stereocenters. The van der Waals surface area contributed by atoms with Gasteiger partial charge in [0.2, 0.25) is 0 Å². The van der Waals surface area contributed by atoms with Crippen LogP contribution in [0, 0.1) is 17.8 Å². The molecule has 1 aromatic carbocycles. The van der Waals surface area contributed by atoms with Gasteiger partial charge in [-0.15, -0.1) is 0 Å². The molecule has 4 rings (SSSR count). The van der Waals surface area contributed by atoms with Gasteiger partial charge in [0, 0.05) is 17.4 Å². The van der Waals surface area contributed by atoms with Gasteiger partial charge in [0.1, 0.15) is 16.8 Å². The van der Waals surface area contributed by atoms with E-state index in [0.29, 0.717) is 35.1 Å². The fraction of sp³-hybridized carbons (Fsp3) is 0.700. The third-order valence-electron chi connectivity index (χ3n) is 8.34. The van der Waals surface area contributed by atoms with E-state index >= 15 is 0 Å². The maximum absolute atomic E-state index is 6.85. The van der Waals surface area contributed by atoms with Crippen molar-refractivity contribution < 1.29 is 14.2 Å². The van der Waals surface area contributed by atoms with Gasteiger partial charge in [0.25, 0.3) is 6.15 Å². The topological polar surface area (TPSA) is 64.8 Å². The average Bonchev–Trinajstić information content (AvgIpc) is 3.39. The van der Waals surface area contributed by atoms with Gasteiger partial charge in [0.15, 0.2) is 0 Å². The first-order valence-electron chi connectivity index (χ1n) is 14.1. The summed E-state index contributed by atoms with van der Waals surface area (Å²) in [6, 6.07) is 10.3. The van der Waals surface area contributed by atoms with Crippen molar-refractivity contribution in [2.45, 2.75) is 118 Å². The second-order valence-electron chi connectivity index (χ2n) is 13.9. The first kappa shape index (κ1) is 27.7. The van der Waals surface area contributed by atoms with Crippen LogP contribution in [-0.4, -0.2) is 58.5 Å². The largest absolute Gasteiger partial charge is 0.512 e. The van der Waals surface area contributed by atoms with Gasteiger partial charge in [-0.2, -0.15) is 5.46 Å². The highest BCUT2D eigenvalue weighted by Gasteiger charge is 2.58. The number of rotatable bonds is 7. The molecule has 0 N–H and O–H groups in total. The van der Waals surface area contributed by atoms with Gasteiger partial charge in [-0.05, 0) is 59.3 Å². The van der Waals surface area contributed by atoms with Gasteiger partial charge in [0.05, 0.1) is 18.1 Å². The Kier molecular flexibility index (Phi) is 6.87. The van der Waals surface area contributed by atoms with Crippen LogP contribution < -0.4 is 5.46 Å². The first-order chi connectivity index (χ1) is 17.0. The van der Waals surface area contributed by atoms with Gasteiger partial charge in [-0.1, -0.05) is 71.9 Å². The first-order valence-corrected chi connectivity index (χ1v) is 14.1. The second-order valence-corrected chi connectivity index (χ2v) is 13.9. The molecule has 0 aromatic heterocycles. The zero-order chi connectivity index (χ0) is 27.6. The second kappa shape index (κ2) is 9.16. The molecule has 3 heterocycles. The van der Waals surface area contributed by atoms with E-state index < -0.39 is 22.9 Å². The van der Waals surface area contributed by atoms with Crippen LogP contribution in [0.4, 0.5) is 0 Å². The Labute approximate surface area is 224 Å². The summed E-state index contributed by atoms with van der Waals surface area (Å²) in [5.41, 5.74) is -0.448. The molecule has 6 nitrogen and oxygen atoms in total. The molecule has 7 heteroatoms. The number of ether oxygens (including phenoxy) is 3. The summed E-state index contributed by atoms with van der Waals surface area (Å²) < 4.78 is 20.6. The fourth-order valence-corrected chi connectivity index (χ4v) is 6.89. The maximum Gasteiger partial charge on any atom is 0.289 e. The van der Waals surface area contributed by atoms with Crippen molar-refractivity contribution in [2.24, 2.45) is 32.7 Å². The van der Waals surface area contributed by atoms with Crippen molar-refractivity contribution in [3.63, 3.8) is 0 Å². The van der Waals surface area contributed by atoms with E-state index in [1.165, 1.54) is 0 Å². The van der Waals surface area contributed by atoms with Crippen LogP contribution in [0.25, 0.3) is 0 Å². The minimum absolute atomic E-state index is 0.0146. The SMILES string of the molecule is CC(C)[C@@H]1N=C([B-](C2=N[C@@H](C(C)C)C(C)(C)O2)(C2=N[C@@H](C(C)C)C(C)(C)O2)c2ccccc2)OC1(C)C. The van der Waals surface area contributed by atoms with Crippen LogP contribution in [0.1, 0.15) is 83.1 Å². The summed E-state index contributed by atoms with van der Waals surface area (Å²) >= 11 is 0. The normalized spacial score (nSPS) is 28.1. The van der Waals surface area contributed by atoms with Gasteiger partial charge in [-0.25, -0.2) is 0 Å². The lowest BCUT2D eigenvalue weighted by Crippen LogP contribution is -2.70. The molecule has 1 aromatic rings. The molecule has 0 saturated carbocycles. The van der Waals surface area contributed by atoms with E-state index in [9.17, 15) is 0 Å². The van der Waals surface area contributed by atoms with Crippen LogP contribution in [-0.2, 0) is 14.2 Å². The van der Waals surface area contributed by atoms with Crippen molar-refractivity contribution >= 4 is 29.0 Å². The molecule has 0 fully saturated rings. The van der Waals surface area contributed by atoms with Crippen molar-refractivity contribution in [1.82, 2.24) is 0 Å². The molecule has 3 aliphatic rings. The molecule has 0 radical (unpaired) electrons. The van der Waals surface area contributed by atoms with E-state index in [1.807, 2.05) is 18.2 Å². The predicted octanol–water partition coefficient (Wildman–Crippen LogP) is 5.66. The summed E-state index contributed by atoms with van der Waals surface area (Å²) in [4.78, 5) is 15.9. The Balaban J connectivity index is 2.06. The molecular weight excluding hydrogens is 461 g/mol. The average molecular weight is 509 g/mol. The lowest BCUT2D eigenvalue weighted by atomic mass is 9.20. The van der Waals surface area contributed by atoms with E-state index in [2.05, 4.69) is 95.2 Å². The fourth-order valence-electron chi connectivity index (χ4n) is 6.89. The standard InChI is InChI=1S/C30H47BN3O3/c1-18(2)22-28(7,8)35-25(32-22)31(21-16-14-13-15-17-21,26-33-23(19(3)4)29(9,10)36-26)27-34-24(20(5)6)30(11,12)37-27/h13-20,22-24H,1-12H3/q-1/t22-,23-,24-/m0/s1. The Hall–Kier alpha value is -2.31. The van der Waals surface area contributed by atoms with Gasteiger partial charge < -0.3 is 14.2 Å². The maximum atomic E-state index is 6.85. The molecule has 3 aliphatic heterocycles. The summed E-state index contributed by atoms with van der Waals surface area (Å²) in [6.45, 7) is 25.9. The van der Waals surface area contributed by atoms with Crippen molar-refractivity contribution in [3.8, 4) is 0 Å². The molecular formula is C30H47BN3O3-. The number of hydrogen-bond donors (Lipinski definition) is 0. The Bertz CT molecular complexity index is 995. The van der Waals surface area contributed by atoms with Crippen LogP contribution in [0.3, 0.4) is 0 Å². The minimum Gasteiger partial charge on any atom is -0.512 e. The quantitative estimate of drug-likeness (QED) is 0.447. The number of aliphatic imine (C=N–C) groups is 3. The van der Waals surface area contributed by atoms with Crippen LogP contribution in [0.2, 0.25) is 0 Å². The van der Waals surface area contributed by atoms with Crippen LogP contribution >= 0.6 is 0 Å². The highest BCUT2D eigenvalue weighted by molar-refractivity contribution is 7.46. The summed E-state index contributed by atoms with van der Waals surface area (Å²) in [5, 5.41) is 0. The van der Waals surface area contributed by atoms with Crippen LogP contribution in [0.15, 0.2) is 45.3 Å². The predicted molar refractivity (Wildman–Crippen MR) is 156 cm³/mol. The molecule has 0 bridgehead atoms. The third-order valence-corrected chi connectivity index (χ3v) is 8.34. The van der Waals surface area contributed by atoms with Crippen LogP contribution in [0.5, 0.6) is 0 Å². The summed E-state index contributed by atoms with van der Waals surface area (Å²) in [5.74, 6) is 2.76. The monoisotopic (exact) mass is 508 g/mol. The van der Waals surface area contributed by atoms with Gasteiger partial charge in [-0.3, -0.25) is 15.0 Å². The Morgan fingerprint density at radius 2 is 0.865 bits per heavy atom. The molecule has 37 heavy (non-hydrogen) atoms. The van der Waals surface area contributed by atoms with E-state index in [0.717, 1.165) is 5.46 Å². The molecule has 0 amide bonds. The smallest absolute Gasteiger partial charge is 0.289 e. The molecule has 204 valence electrons. The molecule has 0 aliphatic carbocycles. The molecule has 0 spiro atoms. The lowest BCUT2D eigenvalue weighted by Gasteiger charge is -2.42. The van der Waals surface area contributed by atoms with Crippen molar-refractivity contribution in [2.75, 3.05) is 0 Å². The van der Waals surface area contributed by atoms with E-state index in [4.69, 9.17) is 29.2 Å². The third kappa shape index (κ3) is 4.50. The van der Waals surface area contributed by atoms with E-state index in [1.54, 1.807) is 0 Å². The zero-order valence-corrected chi connectivity index (χ0v) is 25.0. The molecule has 0 saturated heterocycles. The highest BCUT2D eigenvalue weighted by atomic mass is 16.5. The Morgan fingerprint density at radius 3 is 1.11 bits per heavy atom. The minimum atomic E-state index is -2.11. The van der Waals surface area contributed by atoms with Crippen molar-refractivity contribution in [1.29, 1.82) is 0 Å². The summed E-state index contributed by atoms with van der Waals surface area (Å²) in [6.07, 6.45) is -2.11. The van der Waals surface area contributed by atoms with Crippen molar-refractivity contribution in [3.05, 3.63) is 30.3 Å². The van der Waals surface area contributed by atoms with E-state index in [-0.39, 0.29) is 18.1 Å². The summed E-state index contributed by atoms with van der Waals surface area (Å²) in [7, 11) is 0. The number of hydrogen-bond acceptors (Lipinski definition) is 6. The Morgan fingerprint density at radius 1 is 0.568 bits per heavy atom.